The van der Waals surface area contributed by atoms with Crippen LogP contribution in [0.3, 0.4) is 0 Å². The first kappa shape index (κ1) is 9.01. The fourth-order valence-corrected chi connectivity index (χ4v) is 1.68. The first-order valence-corrected chi connectivity index (χ1v) is 4.18. The molecule has 1 N–H and O–H groups in total. The Morgan fingerprint density at radius 2 is 1.45 bits per heavy atom. The minimum atomic E-state index is 0.182. The summed E-state index contributed by atoms with van der Waals surface area (Å²) in [6, 6.07) is 0. The Labute approximate surface area is 70.0 Å². The van der Waals surface area contributed by atoms with Gasteiger partial charge in [-0.15, -0.1) is 0 Å². The van der Waals surface area contributed by atoms with E-state index in [1.807, 2.05) is 0 Å². The van der Waals surface area contributed by atoms with Gasteiger partial charge in [-0.05, 0) is 27.7 Å². The van der Waals surface area contributed by atoms with Gasteiger partial charge in [-0.25, -0.2) is 0 Å². The third kappa shape index (κ3) is 1.57. The van der Waals surface area contributed by atoms with E-state index in [4.69, 9.17) is 0 Å². The summed E-state index contributed by atoms with van der Waals surface area (Å²) < 4.78 is 0. The molecule has 1 aliphatic rings. The van der Waals surface area contributed by atoms with E-state index in [2.05, 4.69) is 45.0 Å². The van der Waals surface area contributed by atoms with Crippen LogP contribution < -0.4 is 5.32 Å². The molecule has 1 fully saturated rings. The van der Waals surface area contributed by atoms with Crippen LogP contribution >= 0.6 is 0 Å². The Hall–Kier alpha value is -0.0800. The van der Waals surface area contributed by atoms with Gasteiger partial charge >= 0.3 is 0 Å². The normalized spacial score (nSPS) is 30.3. The topological polar surface area (TPSA) is 15.3 Å². The molecule has 0 unspecified atom stereocenters. The van der Waals surface area contributed by atoms with Gasteiger partial charge in [0, 0.05) is 31.2 Å². The van der Waals surface area contributed by atoms with Crippen molar-refractivity contribution < 1.29 is 0 Å². The quantitative estimate of drug-likeness (QED) is 0.566. The van der Waals surface area contributed by atoms with Crippen LogP contribution in [-0.4, -0.2) is 29.1 Å². The monoisotopic (exact) mass is 155 g/mol. The molecule has 1 saturated heterocycles. The van der Waals surface area contributed by atoms with Crippen molar-refractivity contribution in [3.05, 3.63) is 7.05 Å². The van der Waals surface area contributed by atoms with Crippen molar-refractivity contribution in [2.45, 2.75) is 38.8 Å². The van der Waals surface area contributed by atoms with Gasteiger partial charge in [0.2, 0.25) is 0 Å². The molecule has 0 spiro atoms. The van der Waals surface area contributed by atoms with Crippen LogP contribution in [0.5, 0.6) is 0 Å². The molecule has 65 valence electrons. The highest BCUT2D eigenvalue weighted by Crippen LogP contribution is 2.26. The molecule has 1 rings (SSSR count). The van der Waals surface area contributed by atoms with Gasteiger partial charge in [0.1, 0.15) is 0 Å². The average molecular weight is 155 g/mol. The molecule has 0 aromatic heterocycles. The Bertz CT molecular complexity index is 134. The lowest BCUT2D eigenvalue weighted by Crippen LogP contribution is -2.65. The molecule has 1 aliphatic heterocycles. The molecule has 0 atom stereocenters. The van der Waals surface area contributed by atoms with E-state index >= 15 is 0 Å². The molecule has 0 saturated carbocycles. The Morgan fingerprint density at radius 3 is 1.73 bits per heavy atom. The van der Waals surface area contributed by atoms with E-state index in [0.29, 0.717) is 0 Å². The van der Waals surface area contributed by atoms with Crippen molar-refractivity contribution in [3.8, 4) is 0 Å². The highest BCUT2D eigenvalue weighted by Gasteiger charge is 2.38. The maximum Gasteiger partial charge on any atom is 0.0284 e. The predicted molar refractivity (Wildman–Crippen MR) is 48.2 cm³/mol. The molecular formula is C9H19N2. The lowest BCUT2D eigenvalue weighted by molar-refractivity contribution is 0.0310. The highest BCUT2D eigenvalue weighted by molar-refractivity contribution is 4.99. The van der Waals surface area contributed by atoms with Gasteiger partial charge < -0.3 is 5.32 Å². The minimum absolute atomic E-state index is 0.182. The standard InChI is InChI=1S/C9H19N2/c1-8(2)6-10-7-9(3,4)11(8)5/h10H,5-7H2,1-4H3. The largest absolute Gasteiger partial charge is 0.313 e. The van der Waals surface area contributed by atoms with E-state index < -0.39 is 0 Å². The van der Waals surface area contributed by atoms with Gasteiger partial charge in [0.15, 0.2) is 0 Å². The van der Waals surface area contributed by atoms with E-state index in [1.165, 1.54) is 0 Å². The van der Waals surface area contributed by atoms with E-state index in [9.17, 15) is 0 Å². The lowest BCUT2D eigenvalue weighted by Gasteiger charge is -2.50. The zero-order chi connectivity index (χ0) is 8.70. The van der Waals surface area contributed by atoms with Gasteiger partial charge in [0.25, 0.3) is 0 Å². The first-order valence-electron chi connectivity index (χ1n) is 4.18. The molecule has 1 radical (unpaired) electrons. The van der Waals surface area contributed by atoms with Gasteiger partial charge in [0.05, 0.1) is 0 Å². The van der Waals surface area contributed by atoms with Crippen LogP contribution in [0.25, 0.3) is 0 Å². The fraction of sp³-hybridized carbons (Fsp3) is 0.889. The molecule has 0 amide bonds. The van der Waals surface area contributed by atoms with Crippen molar-refractivity contribution >= 4 is 0 Å². The fourth-order valence-electron chi connectivity index (χ4n) is 1.68. The zero-order valence-electron chi connectivity index (χ0n) is 8.07. The smallest absolute Gasteiger partial charge is 0.0284 e. The van der Waals surface area contributed by atoms with Crippen molar-refractivity contribution in [1.29, 1.82) is 0 Å². The highest BCUT2D eigenvalue weighted by atomic mass is 15.3. The molecule has 2 nitrogen and oxygen atoms in total. The summed E-state index contributed by atoms with van der Waals surface area (Å²) >= 11 is 0. The van der Waals surface area contributed by atoms with E-state index in [-0.39, 0.29) is 11.1 Å². The number of rotatable bonds is 0. The molecule has 0 aromatic carbocycles. The number of nitrogens with zero attached hydrogens (tertiary/aromatic N) is 1. The van der Waals surface area contributed by atoms with Crippen LogP contribution in [-0.2, 0) is 0 Å². The molecule has 1 heterocycles. The molecule has 0 aromatic rings. The van der Waals surface area contributed by atoms with Crippen LogP contribution in [0.4, 0.5) is 0 Å². The lowest BCUT2D eigenvalue weighted by atomic mass is 9.90. The van der Waals surface area contributed by atoms with E-state index in [0.717, 1.165) is 13.1 Å². The summed E-state index contributed by atoms with van der Waals surface area (Å²) in [5.74, 6) is 0. The average Bonchev–Trinajstić information content (AvgIpc) is 1.82. The molecule has 0 aliphatic carbocycles. The van der Waals surface area contributed by atoms with Crippen molar-refractivity contribution in [3.63, 3.8) is 0 Å². The van der Waals surface area contributed by atoms with Gasteiger partial charge in [-0.2, -0.15) is 0 Å². The summed E-state index contributed by atoms with van der Waals surface area (Å²) in [6.07, 6.45) is 0. The second-order valence-corrected chi connectivity index (χ2v) is 4.66. The van der Waals surface area contributed by atoms with E-state index in [1.54, 1.807) is 0 Å². The third-order valence-corrected chi connectivity index (χ3v) is 2.58. The maximum atomic E-state index is 4.10. The van der Waals surface area contributed by atoms with Crippen LogP contribution in [0.15, 0.2) is 0 Å². The summed E-state index contributed by atoms with van der Waals surface area (Å²) in [5.41, 5.74) is 0.365. The van der Waals surface area contributed by atoms with Crippen LogP contribution in [0.2, 0.25) is 0 Å². The van der Waals surface area contributed by atoms with Gasteiger partial charge in [-0.3, -0.25) is 4.90 Å². The minimum Gasteiger partial charge on any atom is -0.313 e. The third-order valence-electron chi connectivity index (χ3n) is 2.58. The van der Waals surface area contributed by atoms with Crippen LogP contribution in [0.1, 0.15) is 27.7 Å². The summed E-state index contributed by atoms with van der Waals surface area (Å²) in [7, 11) is 4.10. The number of nitrogens with one attached hydrogen (secondary N) is 1. The Morgan fingerprint density at radius 1 is 1.09 bits per heavy atom. The summed E-state index contributed by atoms with van der Waals surface area (Å²) in [6.45, 7) is 10.9. The van der Waals surface area contributed by atoms with Crippen molar-refractivity contribution in [2.24, 2.45) is 0 Å². The van der Waals surface area contributed by atoms with Crippen molar-refractivity contribution in [1.82, 2.24) is 10.2 Å². The SMILES string of the molecule is [CH2]N1C(C)(C)CNCC1(C)C. The van der Waals surface area contributed by atoms with Crippen molar-refractivity contribution in [2.75, 3.05) is 13.1 Å². The molecule has 2 heteroatoms. The number of piperazine rings is 1. The Balaban J connectivity index is 2.76. The first-order chi connectivity index (χ1) is 4.86. The summed E-state index contributed by atoms with van der Waals surface area (Å²) in [5, 5.41) is 3.41. The molecule has 0 bridgehead atoms. The maximum absolute atomic E-state index is 4.10. The molecular weight excluding hydrogens is 136 g/mol. The number of hydrogen-bond acceptors (Lipinski definition) is 2. The Kier molecular flexibility index (Phi) is 2.01. The number of hydrogen-bond donors (Lipinski definition) is 1. The second kappa shape index (κ2) is 2.46. The zero-order valence-corrected chi connectivity index (χ0v) is 8.07. The molecule has 11 heavy (non-hydrogen) atoms. The second-order valence-electron chi connectivity index (χ2n) is 4.66. The summed E-state index contributed by atoms with van der Waals surface area (Å²) in [4.78, 5) is 2.20. The van der Waals surface area contributed by atoms with Crippen LogP contribution in [0, 0.1) is 7.05 Å². The van der Waals surface area contributed by atoms with Gasteiger partial charge in [-0.1, -0.05) is 0 Å². The predicted octanol–water partition coefficient (Wildman–Crippen LogP) is 1.24.